The standard InChI is InChI=1S/C11H12BrN7O/c1-6(13-2)3-8-15-10(20-18-8)9-16-11-14-4-7(12)5-19(11)17-9/h4-6,13H,3H2,1-2H3. The van der Waals surface area contributed by atoms with Crippen LogP contribution < -0.4 is 5.32 Å². The number of aromatic nitrogens is 6. The summed E-state index contributed by atoms with van der Waals surface area (Å²) in [5.74, 6) is 1.76. The maximum absolute atomic E-state index is 5.19. The number of likely N-dealkylation sites (N-methyl/N-ethyl adjacent to an activating group) is 1. The molecule has 8 nitrogen and oxygen atoms in total. The molecular weight excluding hydrogens is 326 g/mol. The molecule has 0 saturated carbocycles. The summed E-state index contributed by atoms with van der Waals surface area (Å²) in [5.41, 5.74) is 0. The van der Waals surface area contributed by atoms with Gasteiger partial charge < -0.3 is 9.84 Å². The molecule has 0 spiro atoms. The first kappa shape index (κ1) is 13.1. The Labute approximate surface area is 122 Å². The predicted molar refractivity (Wildman–Crippen MR) is 74.0 cm³/mol. The second-order valence-electron chi connectivity index (χ2n) is 4.36. The van der Waals surface area contributed by atoms with Crippen LogP contribution in [0.2, 0.25) is 0 Å². The van der Waals surface area contributed by atoms with Gasteiger partial charge in [0, 0.05) is 24.9 Å². The number of fused-ring (bicyclic) bond motifs is 1. The van der Waals surface area contributed by atoms with Crippen molar-refractivity contribution in [3.63, 3.8) is 0 Å². The van der Waals surface area contributed by atoms with E-state index in [-0.39, 0.29) is 6.04 Å². The van der Waals surface area contributed by atoms with Crippen LogP contribution in [0.5, 0.6) is 0 Å². The van der Waals surface area contributed by atoms with E-state index in [2.05, 4.69) is 46.5 Å². The molecular formula is C11H12BrN7O. The zero-order chi connectivity index (χ0) is 14.1. The van der Waals surface area contributed by atoms with Crippen LogP contribution in [0.25, 0.3) is 17.5 Å². The molecule has 0 aromatic carbocycles. The largest absolute Gasteiger partial charge is 0.330 e. The SMILES string of the molecule is CNC(C)Cc1noc(-c2nc3ncc(Br)cn3n2)n1. The first-order valence-electron chi connectivity index (χ1n) is 6.04. The lowest BCUT2D eigenvalue weighted by atomic mass is 10.2. The van der Waals surface area contributed by atoms with Gasteiger partial charge in [-0.05, 0) is 29.9 Å². The summed E-state index contributed by atoms with van der Waals surface area (Å²) in [5, 5.41) is 11.3. The first-order chi connectivity index (χ1) is 9.65. The van der Waals surface area contributed by atoms with E-state index in [9.17, 15) is 0 Å². The van der Waals surface area contributed by atoms with Crippen molar-refractivity contribution >= 4 is 21.7 Å². The van der Waals surface area contributed by atoms with Gasteiger partial charge >= 0.3 is 0 Å². The van der Waals surface area contributed by atoms with Crippen LogP contribution >= 0.6 is 15.9 Å². The molecule has 3 aromatic heterocycles. The second kappa shape index (κ2) is 5.25. The van der Waals surface area contributed by atoms with Crippen molar-refractivity contribution in [2.45, 2.75) is 19.4 Å². The minimum absolute atomic E-state index is 0.270. The summed E-state index contributed by atoms with van der Waals surface area (Å²) < 4.78 is 7.56. The summed E-state index contributed by atoms with van der Waals surface area (Å²) in [6, 6.07) is 0.270. The van der Waals surface area contributed by atoms with Gasteiger partial charge in [0.25, 0.3) is 11.7 Å². The number of nitrogens with zero attached hydrogens (tertiary/aromatic N) is 6. The molecule has 1 N–H and O–H groups in total. The average molecular weight is 338 g/mol. The molecule has 0 radical (unpaired) electrons. The molecule has 3 rings (SSSR count). The summed E-state index contributed by atoms with van der Waals surface area (Å²) in [6.45, 7) is 2.04. The van der Waals surface area contributed by atoms with Gasteiger partial charge in [-0.3, -0.25) is 0 Å². The summed E-state index contributed by atoms with van der Waals surface area (Å²) in [6.07, 6.45) is 4.10. The Balaban J connectivity index is 1.91. The van der Waals surface area contributed by atoms with Crippen molar-refractivity contribution < 1.29 is 4.52 Å². The van der Waals surface area contributed by atoms with Gasteiger partial charge in [0.15, 0.2) is 5.82 Å². The quantitative estimate of drug-likeness (QED) is 0.761. The van der Waals surface area contributed by atoms with Gasteiger partial charge in [-0.1, -0.05) is 5.16 Å². The Morgan fingerprint density at radius 3 is 3.10 bits per heavy atom. The third-order valence-electron chi connectivity index (χ3n) is 2.80. The second-order valence-corrected chi connectivity index (χ2v) is 5.28. The third kappa shape index (κ3) is 2.54. The number of rotatable bonds is 4. The van der Waals surface area contributed by atoms with E-state index in [0.717, 1.165) is 4.47 Å². The molecule has 0 bridgehead atoms. The maximum Gasteiger partial charge on any atom is 0.297 e. The molecule has 0 aliphatic heterocycles. The molecule has 0 aliphatic carbocycles. The molecule has 1 atom stereocenters. The number of nitrogens with one attached hydrogen (secondary N) is 1. The van der Waals surface area contributed by atoms with Crippen LogP contribution in [0.1, 0.15) is 12.7 Å². The van der Waals surface area contributed by atoms with Crippen LogP contribution in [0.3, 0.4) is 0 Å². The lowest BCUT2D eigenvalue weighted by molar-refractivity contribution is 0.416. The highest BCUT2D eigenvalue weighted by atomic mass is 79.9. The van der Waals surface area contributed by atoms with Gasteiger partial charge in [0.05, 0.1) is 4.47 Å². The van der Waals surface area contributed by atoms with E-state index < -0.39 is 0 Å². The molecule has 3 aromatic rings. The Hall–Kier alpha value is -1.87. The fourth-order valence-electron chi connectivity index (χ4n) is 1.65. The van der Waals surface area contributed by atoms with E-state index in [1.54, 1.807) is 16.9 Å². The van der Waals surface area contributed by atoms with Crippen molar-refractivity contribution in [1.82, 2.24) is 35.0 Å². The molecule has 3 heterocycles. The molecule has 0 aliphatic rings. The molecule has 9 heteroatoms. The van der Waals surface area contributed by atoms with Crippen LogP contribution in [0.4, 0.5) is 0 Å². The van der Waals surface area contributed by atoms with Crippen molar-refractivity contribution in [3.05, 3.63) is 22.7 Å². The van der Waals surface area contributed by atoms with Crippen LogP contribution in [0, 0.1) is 0 Å². The van der Waals surface area contributed by atoms with Crippen LogP contribution in [0.15, 0.2) is 21.4 Å². The molecule has 20 heavy (non-hydrogen) atoms. The van der Waals surface area contributed by atoms with Crippen molar-refractivity contribution in [2.75, 3.05) is 7.05 Å². The van der Waals surface area contributed by atoms with E-state index in [4.69, 9.17) is 4.52 Å². The molecule has 104 valence electrons. The van der Waals surface area contributed by atoms with E-state index >= 15 is 0 Å². The number of hydrogen-bond donors (Lipinski definition) is 1. The first-order valence-corrected chi connectivity index (χ1v) is 6.83. The molecule has 0 saturated heterocycles. The Morgan fingerprint density at radius 2 is 2.30 bits per heavy atom. The van der Waals surface area contributed by atoms with Gasteiger partial charge in [-0.15, -0.1) is 5.10 Å². The van der Waals surface area contributed by atoms with E-state index in [1.807, 2.05) is 14.0 Å². The van der Waals surface area contributed by atoms with Gasteiger partial charge in [-0.2, -0.15) is 9.97 Å². The number of halogens is 1. The van der Waals surface area contributed by atoms with Crippen molar-refractivity contribution in [1.29, 1.82) is 0 Å². The predicted octanol–water partition coefficient (Wildman–Crippen LogP) is 1.09. The van der Waals surface area contributed by atoms with Gasteiger partial charge in [0.2, 0.25) is 5.82 Å². The molecule has 1 unspecified atom stereocenters. The smallest absolute Gasteiger partial charge is 0.297 e. The van der Waals surface area contributed by atoms with Crippen molar-refractivity contribution in [2.24, 2.45) is 0 Å². The minimum atomic E-state index is 0.270. The zero-order valence-corrected chi connectivity index (χ0v) is 12.5. The zero-order valence-electron chi connectivity index (χ0n) is 10.9. The minimum Gasteiger partial charge on any atom is -0.330 e. The lowest BCUT2D eigenvalue weighted by Gasteiger charge is -2.04. The monoisotopic (exact) mass is 337 g/mol. The van der Waals surface area contributed by atoms with E-state index in [1.165, 1.54) is 0 Å². The van der Waals surface area contributed by atoms with Crippen LogP contribution in [-0.2, 0) is 6.42 Å². The topological polar surface area (TPSA) is 94.0 Å². The third-order valence-corrected chi connectivity index (χ3v) is 3.21. The Bertz CT molecular complexity index is 737. The normalized spacial score (nSPS) is 12.9. The molecule has 0 amide bonds. The highest BCUT2D eigenvalue weighted by molar-refractivity contribution is 9.10. The summed E-state index contributed by atoms with van der Waals surface area (Å²) in [4.78, 5) is 12.7. The fraction of sp³-hybridized carbons (Fsp3) is 0.364. The maximum atomic E-state index is 5.19. The average Bonchev–Trinajstić information content (AvgIpc) is 3.04. The summed E-state index contributed by atoms with van der Waals surface area (Å²) >= 11 is 3.33. The van der Waals surface area contributed by atoms with Crippen molar-refractivity contribution in [3.8, 4) is 11.7 Å². The van der Waals surface area contributed by atoms with Gasteiger partial charge in [0.1, 0.15) is 0 Å². The highest BCUT2D eigenvalue weighted by Gasteiger charge is 2.16. The molecule has 0 fully saturated rings. The highest BCUT2D eigenvalue weighted by Crippen LogP contribution is 2.15. The Kier molecular flexibility index (Phi) is 3.45. The van der Waals surface area contributed by atoms with E-state index in [0.29, 0.717) is 29.7 Å². The van der Waals surface area contributed by atoms with Crippen LogP contribution in [-0.4, -0.2) is 42.8 Å². The van der Waals surface area contributed by atoms with Gasteiger partial charge in [-0.25, -0.2) is 9.50 Å². The number of hydrogen-bond acceptors (Lipinski definition) is 7. The fourth-order valence-corrected chi connectivity index (χ4v) is 1.95. The summed E-state index contributed by atoms with van der Waals surface area (Å²) in [7, 11) is 1.89. The lowest BCUT2D eigenvalue weighted by Crippen LogP contribution is -2.24. The Morgan fingerprint density at radius 1 is 1.45 bits per heavy atom.